The van der Waals surface area contributed by atoms with Crippen molar-refractivity contribution >= 4 is 17.1 Å². The van der Waals surface area contributed by atoms with Crippen LogP contribution in [-0.4, -0.2) is 20.2 Å². The summed E-state index contributed by atoms with van der Waals surface area (Å²) in [6.45, 7) is 0. The van der Waals surface area contributed by atoms with Gasteiger partial charge in [-0.3, -0.25) is 0 Å². The van der Waals surface area contributed by atoms with Crippen LogP contribution in [0, 0.1) is 0 Å². The van der Waals surface area contributed by atoms with Crippen molar-refractivity contribution in [1.82, 2.24) is 0 Å². The van der Waals surface area contributed by atoms with Gasteiger partial charge < -0.3 is 9.47 Å². The Kier molecular flexibility index (Phi) is 5.49. The van der Waals surface area contributed by atoms with E-state index in [1.165, 1.54) is 7.11 Å². The summed E-state index contributed by atoms with van der Waals surface area (Å²) < 4.78 is 10.4. The van der Waals surface area contributed by atoms with Crippen LogP contribution < -0.4 is 4.74 Å². The Hall–Kier alpha value is -3.33. The first-order chi connectivity index (χ1) is 12.7. The van der Waals surface area contributed by atoms with Gasteiger partial charge in [0.25, 0.3) is 0 Å². The zero-order valence-corrected chi connectivity index (χ0v) is 14.8. The predicted octanol–water partition coefficient (Wildman–Crippen LogP) is 4.83. The number of methoxy groups -OCH3 is 2. The van der Waals surface area contributed by atoms with E-state index in [0.29, 0.717) is 5.57 Å². The van der Waals surface area contributed by atoms with Crippen molar-refractivity contribution in [2.75, 3.05) is 14.2 Å². The maximum absolute atomic E-state index is 12.7. The van der Waals surface area contributed by atoms with Gasteiger partial charge in [-0.1, -0.05) is 72.8 Å². The van der Waals surface area contributed by atoms with E-state index >= 15 is 0 Å². The van der Waals surface area contributed by atoms with E-state index in [-0.39, 0.29) is 5.97 Å². The van der Waals surface area contributed by atoms with E-state index in [4.69, 9.17) is 9.47 Å². The molecule has 0 radical (unpaired) electrons. The second kappa shape index (κ2) is 8.17. The van der Waals surface area contributed by atoms with Crippen molar-refractivity contribution in [1.29, 1.82) is 0 Å². The Labute approximate surface area is 153 Å². The van der Waals surface area contributed by atoms with Crippen molar-refractivity contribution in [3.63, 3.8) is 0 Å². The van der Waals surface area contributed by atoms with E-state index in [0.717, 1.165) is 28.0 Å². The number of carbonyl (C=O) groups is 1. The summed E-state index contributed by atoms with van der Waals surface area (Å²) in [7, 11) is 3.04. The Bertz CT molecular complexity index is 895. The molecule has 0 aliphatic carbocycles. The largest absolute Gasteiger partial charge is 0.497 e. The quantitative estimate of drug-likeness (QED) is 0.378. The molecule has 26 heavy (non-hydrogen) atoms. The highest BCUT2D eigenvalue weighted by Gasteiger charge is 2.21. The molecule has 3 rings (SSSR count). The minimum Gasteiger partial charge on any atom is -0.497 e. The average Bonchev–Trinajstić information content (AvgIpc) is 2.73. The SMILES string of the molecule is COC(=O)/C(=C(\c1ccccc1)c1ccc(OC)cc1)c1ccccc1. The zero-order chi connectivity index (χ0) is 18.4. The lowest BCUT2D eigenvalue weighted by Gasteiger charge is -2.16. The molecule has 0 N–H and O–H groups in total. The fourth-order valence-electron chi connectivity index (χ4n) is 2.89. The second-order valence-corrected chi connectivity index (χ2v) is 5.70. The Morgan fingerprint density at radius 3 is 1.65 bits per heavy atom. The van der Waals surface area contributed by atoms with Gasteiger partial charge in [0.15, 0.2) is 0 Å². The molecule has 0 aromatic heterocycles. The van der Waals surface area contributed by atoms with E-state index in [1.54, 1.807) is 7.11 Å². The fourth-order valence-corrected chi connectivity index (χ4v) is 2.89. The third-order valence-electron chi connectivity index (χ3n) is 4.14. The van der Waals surface area contributed by atoms with Crippen LogP contribution in [0.15, 0.2) is 84.9 Å². The first-order valence-electron chi connectivity index (χ1n) is 8.32. The van der Waals surface area contributed by atoms with Gasteiger partial charge in [0.05, 0.1) is 19.8 Å². The lowest BCUT2D eigenvalue weighted by Crippen LogP contribution is -2.08. The molecule has 3 aromatic carbocycles. The summed E-state index contributed by atoms with van der Waals surface area (Å²) in [5.41, 5.74) is 4.04. The van der Waals surface area contributed by atoms with Gasteiger partial charge in [-0.05, 0) is 28.8 Å². The molecule has 0 amide bonds. The van der Waals surface area contributed by atoms with Crippen molar-refractivity contribution in [2.24, 2.45) is 0 Å². The average molecular weight is 344 g/mol. The minimum atomic E-state index is -0.370. The van der Waals surface area contributed by atoms with Crippen LogP contribution in [0.25, 0.3) is 11.1 Å². The van der Waals surface area contributed by atoms with Crippen LogP contribution in [0.3, 0.4) is 0 Å². The molecule has 0 saturated heterocycles. The maximum Gasteiger partial charge on any atom is 0.339 e. The molecule has 0 aliphatic heterocycles. The van der Waals surface area contributed by atoms with Crippen LogP contribution in [0.4, 0.5) is 0 Å². The lowest BCUT2D eigenvalue weighted by atomic mass is 9.89. The van der Waals surface area contributed by atoms with Gasteiger partial charge in [0, 0.05) is 5.57 Å². The van der Waals surface area contributed by atoms with Crippen LogP contribution in [0.5, 0.6) is 5.75 Å². The van der Waals surface area contributed by atoms with E-state index in [2.05, 4.69) is 0 Å². The van der Waals surface area contributed by atoms with Gasteiger partial charge in [-0.2, -0.15) is 0 Å². The first kappa shape index (κ1) is 17.5. The monoisotopic (exact) mass is 344 g/mol. The highest BCUT2D eigenvalue weighted by molar-refractivity contribution is 6.26. The normalized spacial score (nSPS) is 11.5. The summed E-state index contributed by atoms with van der Waals surface area (Å²) in [5, 5.41) is 0. The van der Waals surface area contributed by atoms with Crippen LogP contribution in [0.1, 0.15) is 16.7 Å². The number of hydrogen-bond acceptors (Lipinski definition) is 3. The van der Waals surface area contributed by atoms with Crippen molar-refractivity contribution < 1.29 is 14.3 Å². The van der Waals surface area contributed by atoms with Crippen LogP contribution >= 0.6 is 0 Å². The molecule has 0 heterocycles. The number of benzene rings is 3. The van der Waals surface area contributed by atoms with Crippen molar-refractivity contribution in [3.05, 3.63) is 102 Å². The summed E-state index contributed by atoms with van der Waals surface area (Å²) in [4.78, 5) is 12.7. The molecular weight excluding hydrogens is 324 g/mol. The third-order valence-corrected chi connectivity index (χ3v) is 4.14. The number of hydrogen-bond donors (Lipinski definition) is 0. The number of rotatable bonds is 5. The van der Waals surface area contributed by atoms with Crippen molar-refractivity contribution in [3.8, 4) is 5.75 Å². The summed E-state index contributed by atoms with van der Waals surface area (Å²) in [6, 6.07) is 27.1. The molecule has 0 aliphatic rings. The number of ether oxygens (including phenoxy) is 2. The molecule has 0 fully saturated rings. The Balaban J connectivity index is 2.31. The van der Waals surface area contributed by atoms with Crippen LogP contribution in [-0.2, 0) is 9.53 Å². The number of carbonyl (C=O) groups excluding carboxylic acids is 1. The maximum atomic E-state index is 12.7. The molecule has 3 heteroatoms. The van der Waals surface area contributed by atoms with Gasteiger partial charge in [-0.15, -0.1) is 0 Å². The zero-order valence-electron chi connectivity index (χ0n) is 14.8. The summed E-state index contributed by atoms with van der Waals surface area (Å²) >= 11 is 0. The fraction of sp³-hybridized carbons (Fsp3) is 0.0870. The summed E-state index contributed by atoms with van der Waals surface area (Å²) in [5.74, 6) is 0.395. The van der Waals surface area contributed by atoms with Crippen molar-refractivity contribution in [2.45, 2.75) is 0 Å². The molecule has 3 aromatic rings. The minimum absolute atomic E-state index is 0.370. The molecule has 0 bridgehead atoms. The van der Waals surface area contributed by atoms with Gasteiger partial charge in [0.1, 0.15) is 5.75 Å². The molecule has 0 atom stereocenters. The molecule has 0 saturated carbocycles. The summed E-state index contributed by atoms with van der Waals surface area (Å²) in [6.07, 6.45) is 0. The smallest absolute Gasteiger partial charge is 0.339 e. The molecule has 130 valence electrons. The van der Waals surface area contributed by atoms with Gasteiger partial charge in [0.2, 0.25) is 0 Å². The predicted molar refractivity (Wildman–Crippen MR) is 104 cm³/mol. The standard InChI is InChI=1S/C23H20O3/c1-25-20-15-13-19(14-16-20)21(17-9-5-3-6-10-17)22(23(24)26-2)18-11-7-4-8-12-18/h3-16H,1-2H3/b22-21+. The first-order valence-corrected chi connectivity index (χ1v) is 8.32. The molecule has 3 nitrogen and oxygen atoms in total. The molecular formula is C23H20O3. The van der Waals surface area contributed by atoms with E-state index < -0.39 is 0 Å². The van der Waals surface area contributed by atoms with E-state index in [9.17, 15) is 4.79 Å². The molecule has 0 unspecified atom stereocenters. The highest BCUT2D eigenvalue weighted by atomic mass is 16.5. The lowest BCUT2D eigenvalue weighted by molar-refractivity contribution is -0.133. The Morgan fingerprint density at radius 1 is 0.654 bits per heavy atom. The second-order valence-electron chi connectivity index (χ2n) is 5.70. The highest BCUT2D eigenvalue weighted by Crippen LogP contribution is 2.33. The van der Waals surface area contributed by atoms with Gasteiger partial charge >= 0.3 is 5.97 Å². The topological polar surface area (TPSA) is 35.5 Å². The van der Waals surface area contributed by atoms with Gasteiger partial charge in [-0.25, -0.2) is 4.79 Å². The Morgan fingerprint density at radius 2 is 1.15 bits per heavy atom. The van der Waals surface area contributed by atoms with E-state index in [1.807, 2.05) is 84.9 Å². The molecule has 0 spiro atoms. The third kappa shape index (κ3) is 3.67. The number of esters is 1. The van der Waals surface area contributed by atoms with Crippen LogP contribution in [0.2, 0.25) is 0 Å².